The predicted molar refractivity (Wildman–Crippen MR) is 278 cm³/mol. The Hall–Kier alpha value is -5.99. The topological polar surface area (TPSA) is 220 Å². The Morgan fingerprint density at radius 3 is 2.54 bits per heavy atom. The van der Waals surface area contributed by atoms with E-state index in [1.54, 1.807) is 37.4 Å². The Balaban J connectivity index is 0.843. The smallest absolute Gasteiger partial charge is 0.297 e. The zero-order valence-electron chi connectivity index (χ0n) is 42.3. The number of hydrogen-bond donors (Lipinski definition) is 4. The molecule has 3 saturated heterocycles. The summed E-state index contributed by atoms with van der Waals surface area (Å²) in [5.74, 6) is -0.104. The number of H-pyrrole nitrogens is 1. The van der Waals surface area contributed by atoms with Crippen molar-refractivity contribution < 1.29 is 46.9 Å². The number of sulfonamides is 1. The van der Waals surface area contributed by atoms with Gasteiger partial charge in [-0.2, -0.15) is 4.98 Å². The molecule has 2 aromatic heterocycles. The summed E-state index contributed by atoms with van der Waals surface area (Å²) in [6, 6.07) is 20.5. The van der Waals surface area contributed by atoms with Gasteiger partial charge in [0.25, 0.3) is 27.5 Å². The molecule has 5 fully saturated rings. The molecule has 1 spiro atoms. The van der Waals surface area contributed by atoms with Gasteiger partial charge in [-0.25, -0.2) is 13.1 Å². The molecule has 18 nitrogen and oxygen atoms in total. The number of carbonyl (C=O) groups excluding carboxylic acids is 1. The molecule has 2 saturated carbocycles. The zero-order chi connectivity index (χ0) is 51.4. The molecular formula is C55H67N7O11S. The van der Waals surface area contributed by atoms with Gasteiger partial charge in [0.05, 0.1) is 46.8 Å². The first-order valence-corrected chi connectivity index (χ1v) is 27.8. The van der Waals surface area contributed by atoms with Gasteiger partial charge in [0.1, 0.15) is 30.7 Å². The van der Waals surface area contributed by atoms with Crippen molar-refractivity contribution in [3.05, 3.63) is 99.7 Å². The highest BCUT2D eigenvalue weighted by molar-refractivity contribution is 7.90. The summed E-state index contributed by atoms with van der Waals surface area (Å²) in [6.45, 7) is 10.6. The van der Waals surface area contributed by atoms with Crippen LogP contribution in [0, 0.1) is 21.4 Å². The molecule has 2 aliphatic carbocycles. The number of ether oxygens (including phenoxy) is 5. The van der Waals surface area contributed by atoms with Gasteiger partial charge in [0, 0.05) is 60.6 Å². The third kappa shape index (κ3) is 10.2. The minimum atomic E-state index is -4.74. The fourth-order valence-corrected chi connectivity index (χ4v) is 13.4. The highest BCUT2D eigenvalue weighted by atomic mass is 32.2. The van der Waals surface area contributed by atoms with Gasteiger partial charge in [-0.1, -0.05) is 38.1 Å². The number of nitro benzene ring substituents is 1. The predicted octanol–water partition coefficient (Wildman–Crippen LogP) is 9.00. The van der Waals surface area contributed by atoms with Gasteiger partial charge in [-0.3, -0.25) is 19.8 Å². The zero-order valence-corrected chi connectivity index (χ0v) is 43.2. The van der Waals surface area contributed by atoms with E-state index in [0.29, 0.717) is 74.5 Å². The fraction of sp³-hybridized carbons (Fsp3) is 0.527. The van der Waals surface area contributed by atoms with E-state index >= 15 is 0 Å². The summed E-state index contributed by atoms with van der Waals surface area (Å²) in [5, 5.41) is 27.0. The maximum Gasteiger partial charge on any atom is 0.297 e. The number of aromatic amines is 1. The molecule has 6 aliphatic rings. The molecule has 3 aromatic carbocycles. The third-order valence-corrected chi connectivity index (χ3v) is 18.0. The number of hydrogen-bond acceptors (Lipinski definition) is 15. The summed E-state index contributed by atoms with van der Waals surface area (Å²) in [6.07, 6.45) is 10.7. The van der Waals surface area contributed by atoms with Gasteiger partial charge >= 0.3 is 0 Å². The second-order valence-electron chi connectivity index (χ2n) is 22.0. The van der Waals surface area contributed by atoms with Crippen LogP contribution in [0.25, 0.3) is 11.0 Å². The molecule has 6 heterocycles. The summed E-state index contributed by atoms with van der Waals surface area (Å²) >= 11 is 0. The van der Waals surface area contributed by atoms with Crippen LogP contribution in [0.4, 0.5) is 17.1 Å². The van der Waals surface area contributed by atoms with Crippen LogP contribution in [0.1, 0.15) is 118 Å². The second kappa shape index (κ2) is 20.3. The van der Waals surface area contributed by atoms with Crippen molar-refractivity contribution >= 4 is 44.0 Å². The van der Waals surface area contributed by atoms with Gasteiger partial charge in [0.15, 0.2) is 17.2 Å². The van der Waals surface area contributed by atoms with Crippen LogP contribution >= 0.6 is 0 Å². The summed E-state index contributed by atoms with van der Waals surface area (Å²) in [7, 11) is -4.74. The normalized spacial score (nSPS) is 25.2. The number of aromatic nitrogens is 2. The van der Waals surface area contributed by atoms with Crippen molar-refractivity contribution in [2.75, 3.05) is 62.9 Å². The number of rotatable bonds is 14. The largest absolute Gasteiger partial charge is 0.489 e. The quantitative estimate of drug-likeness (QED) is 0.0602. The molecule has 19 heteroatoms. The number of nitrogens with zero attached hydrogens (tertiary/aromatic N) is 4. The monoisotopic (exact) mass is 1030 g/mol. The van der Waals surface area contributed by atoms with E-state index in [2.05, 4.69) is 62.9 Å². The lowest BCUT2D eigenvalue weighted by atomic mass is 9.59. The second-order valence-corrected chi connectivity index (χ2v) is 23.7. The van der Waals surface area contributed by atoms with Crippen molar-refractivity contribution in [1.29, 1.82) is 0 Å². The Bertz CT molecular complexity index is 3000. The molecule has 0 bridgehead atoms. The third-order valence-electron chi connectivity index (χ3n) is 16.7. The molecule has 74 heavy (non-hydrogen) atoms. The van der Waals surface area contributed by atoms with Gasteiger partial charge in [-0.15, -0.1) is 0 Å². The SMILES string of the molecule is CC(C)c1ccccc1[C@@H]1CCCN1C1CC2(CCN(c3ccc(C(=O)NS(=O)(=O)c4cc5c(c([N+](=O)[O-])c4)N[C@@H]([C@H]4CC[C@](C)(O)CC4)CO5)c(Oc4cc5cc[nH]c5nc4OC[C@H]4COCCO4)c3)CC2)C1. The highest BCUT2D eigenvalue weighted by Crippen LogP contribution is 2.54. The number of likely N-dealkylation sites (tertiary alicyclic amines) is 1. The Labute approximate surface area is 431 Å². The van der Waals surface area contributed by atoms with Crippen molar-refractivity contribution in [3.63, 3.8) is 0 Å². The van der Waals surface area contributed by atoms with Gasteiger partial charge in [-0.05, 0) is 130 Å². The van der Waals surface area contributed by atoms with E-state index in [9.17, 15) is 28.4 Å². The van der Waals surface area contributed by atoms with Crippen LogP contribution in [0.3, 0.4) is 0 Å². The van der Waals surface area contributed by atoms with E-state index in [-0.39, 0.29) is 71.1 Å². The van der Waals surface area contributed by atoms with E-state index in [0.717, 1.165) is 44.2 Å². The number of nitro groups is 1. The number of benzene rings is 3. The molecule has 394 valence electrons. The Morgan fingerprint density at radius 1 is 0.986 bits per heavy atom. The number of pyridine rings is 1. The van der Waals surface area contributed by atoms with Crippen LogP contribution in [0.15, 0.2) is 77.8 Å². The first-order chi connectivity index (χ1) is 35.6. The lowest BCUT2D eigenvalue weighted by Gasteiger charge is -2.56. The number of amides is 1. The van der Waals surface area contributed by atoms with Gasteiger partial charge < -0.3 is 44.0 Å². The molecule has 4 aliphatic heterocycles. The maximum atomic E-state index is 14.5. The fourth-order valence-electron chi connectivity index (χ4n) is 12.4. The number of nitrogens with one attached hydrogen (secondary N) is 3. The van der Waals surface area contributed by atoms with Crippen molar-refractivity contribution in [1.82, 2.24) is 19.6 Å². The lowest BCUT2D eigenvalue weighted by molar-refractivity contribution is -0.384. The van der Waals surface area contributed by atoms with Crippen LogP contribution < -0.4 is 29.1 Å². The minimum Gasteiger partial charge on any atom is -0.489 e. The Kier molecular flexibility index (Phi) is 13.7. The molecule has 5 aromatic rings. The summed E-state index contributed by atoms with van der Waals surface area (Å²) < 4.78 is 60.9. The maximum absolute atomic E-state index is 14.5. The van der Waals surface area contributed by atoms with Gasteiger partial charge in [0.2, 0.25) is 0 Å². The van der Waals surface area contributed by atoms with Crippen LogP contribution in [0.2, 0.25) is 0 Å². The van der Waals surface area contributed by atoms with E-state index in [1.165, 1.54) is 42.9 Å². The van der Waals surface area contributed by atoms with Crippen molar-refractivity contribution in [2.24, 2.45) is 11.3 Å². The van der Waals surface area contributed by atoms with Crippen molar-refractivity contribution in [3.8, 4) is 23.1 Å². The summed E-state index contributed by atoms with van der Waals surface area (Å²) in [4.78, 5) is 38.7. The van der Waals surface area contributed by atoms with Crippen molar-refractivity contribution in [2.45, 2.75) is 126 Å². The average molecular weight is 1030 g/mol. The van der Waals surface area contributed by atoms with E-state index < -0.39 is 37.0 Å². The highest BCUT2D eigenvalue weighted by Gasteiger charge is 2.50. The number of fused-ring (bicyclic) bond motifs is 2. The molecule has 11 rings (SSSR count). The van der Waals surface area contributed by atoms with Crippen LogP contribution in [-0.4, -0.2) is 116 Å². The molecule has 1 amide bonds. The molecular weight excluding hydrogens is 967 g/mol. The first kappa shape index (κ1) is 50.2. The molecule has 4 N–H and O–H groups in total. The number of aliphatic hydroxyl groups is 1. The van der Waals surface area contributed by atoms with E-state index in [1.807, 2.05) is 6.07 Å². The lowest BCUT2D eigenvalue weighted by Crippen LogP contribution is -2.54. The van der Waals surface area contributed by atoms with E-state index in [4.69, 9.17) is 28.7 Å². The average Bonchev–Trinajstić information content (AvgIpc) is 4.07. The molecule has 0 unspecified atom stereocenters. The summed E-state index contributed by atoms with van der Waals surface area (Å²) in [5.41, 5.74) is 3.23. The minimum absolute atomic E-state index is 0.0155. The number of piperidine rings is 1. The molecule has 3 atom stereocenters. The standard InChI is InChI=1S/C55H67N7O11S/c1-34(2)41-7-4-5-8-42(41)45-9-6-20-61(45)38-29-55(30-38)17-21-60(22-18-55)37-10-11-43(47(26-37)73-49-25-36-14-19-56-51(36)58-53(49)72-32-39-31-69-23-24-70-39)52(63)59-74(67,68)40-27-46(62(65)66)50-48(28-40)71-33-44(57-50)35-12-15-54(3,64)16-13-35/h4-5,7-8,10-11,14,19,25-28,34-35,38-39,44-45,57,64H,6,9,12-13,15-18,20-24,29-33H2,1-3H3,(H,56,58)(H,59,63)/t35-,39-,44-,45+,54-/m1/s1. The van der Waals surface area contributed by atoms with Crippen LogP contribution in [-0.2, 0) is 19.5 Å². The Morgan fingerprint density at radius 2 is 1.78 bits per heavy atom. The molecule has 0 radical (unpaired) electrons. The number of anilines is 2. The first-order valence-electron chi connectivity index (χ1n) is 26.3. The van der Waals surface area contributed by atoms with Crippen LogP contribution in [0.5, 0.6) is 23.1 Å². The number of carbonyl (C=O) groups is 1.